The van der Waals surface area contributed by atoms with E-state index < -0.39 is 0 Å². The summed E-state index contributed by atoms with van der Waals surface area (Å²) < 4.78 is 7.83. The molecule has 0 saturated heterocycles. The molecule has 2 aromatic carbocycles. The summed E-state index contributed by atoms with van der Waals surface area (Å²) in [7, 11) is 1.60. The van der Waals surface area contributed by atoms with Gasteiger partial charge in [-0.05, 0) is 73.9 Å². The minimum Gasteiger partial charge on any atom is -0.497 e. The first-order valence-corrected chi connectivity index (χ1v) is 13.8. The molecule has 1 amide bonds. The molecule has 2 aromatic heterocycles. The molecule has 0 spiro atoms. The van der Waals surface area contributed by atoms with Gasteiger partial charge in [-0.15, -0.1) is 11.3 Å². The third-order valence-electron chi connectivity index (χ3n) is 5.64. The van der Waals surface area contributed by atoms with E-state index in [1.165, 1.54) is 16.6 Å². The normalized spacial score (nSPS) is 11.1. The lowest BCUT2D eigenvalue weighted by Gasteiger charge is -2.13. The highest BCUT2D eigenvalue weighted by Crippen LogP contribution is 2.31. The molecule has 9 heteroatoms. The predicted octanol–water partition coefficient (Wildman–Crippen LogP) is 6.52. The second kappa shape index (κ2) is 11.0. The highest BCUT2D eigenvalue weighted by Gasteiger charge is 2.20. The lowest BCUT2D eigenvalue weighted by Crippen LogP contribution is -2.23. The van der Waals surface area contributed by atoms with E-state index in [-0.39, 0.29) is 17.2 Å². The average molecular weight is 573 g/mol. The number of ether oxygens (including phenoxy) is 1. The number of aromatic nitrogens is 2. The summed E-state index contributed by atoms with van der Waals surface area (Å²) in [5, 5.41) is 4.09. The molecule has 4 aromatic rings. The first-order valence-electron chi connectivity index (χ1n) is 11.2. The zero-order valence-corrected chi connectivity index (χ0v) is 23.2. The highest BCUT2D eigenvalue weighted by atomic mass is 79.9. The van der Waals surface area contributed by atoms with Crippen molar-refractivity contribution in [3.63, 3.8) is 0 Å². The van der Waals surface area contributed by atoms with E-state index in [0.717, 1.165) is 34.1 Å². The molecule has 35 heavy (non-hydrogen) atoms. The first kappa shape index (κ1) is 25.5. The number of hydrogen-bond acceptors (Lipinski definition) is 6. The number of fused-ring (bicyclic) bond motifs is 1. The van der Waals surface area contributed by atoms with Gasteiger partial charge >= 0.3 is 0 Å². The summed E-state index contributed by atoms with van der Waals surface area (Å²) in [4.78, 5) is 33.3. The van der Waals surface area contributed by atoms with Gasteiger partial charge in [-0.2, -0.15) is 0 Å². The number of halogens is 1. The number of aryl methyl sites for hydroxylation is 3. The van der Waals surface area contributed by atoms with E-state index in [2.05, 4.69) is 28.2 Å². The van der Waals surface area contributed by atoms with E-state index in [9.17, 15) is 9.59 Å². The third kappa shape index (κ3) is 5.47. The summed E-state index contributed by atoms with van der Waals surface area (Å²) in [6.07, 6.45) is 1.91. The second-order valence-electron chi connectivity index (χ2n) is 8.11. The van der Waals surface area contributed by atoms with Crippen molar-refractivity contribution in [2.45, 2.75) is 38.8 Å². The van der Waals surface area contributed by atoms with Crippen LogP contribution in [0.15, 0.2) is 56.9 Å². The highest BCUT2D eigenvalue weighted by molar-refractivity contribution is 9.10. The number of rotatable bonds is 8. The van der Waals surface area contributed by atoms with Gasteiger partial charge in [0.25, 0.3) is 5.56 Å². The van der Waals surface area contributed by atoms with Crippen molar-refractivity contribution in [3.05, 3.63) is 73.3 Å². The minimum atomic E-state index is -0.162. The Kier molecular flexibility index (Phi) is 7.98. The SMILES string of the molecule is CCCc1sc2nc(SCC(=O)Nc3ccc(Br)cc3C)n(-c3ccc(OC)cc3)c(=O)c2c1C. The fraction of sp³-hybridized carbons (Fsp3) is 0.269. The molecule has 0 bridgehead atoms. The molecule has 1 N–H and O–H groups in total. The Morgan fingerprint density at radius 3 is 2.60 bits per heavy atom. The van der Waals surface area contributed by atoms with Gasteiger partial charge in [0.2, 0.25) is 5.91 Å². The molecule has 0 aliphatic carbocycles. The number of benzene rings is 2. The largest absolute Gasteiger partial charge is 0.497 e. The minimum absolute atomic E-state index is 0.121. The van der Waals surface area contributed by atoms with Crippen LogP contribution in [0.5, 0.6) is 5.75 Å². The van der Waals surface area contributed by atoms with Gasteiger partial charge in [0.15, 0.2) is 5.16 Å². The topological polar surface area (TPSA) is 73.2 Å². The Morgan fingerprint density at radius 2 is 1.94 bits per heavy atom. The van der Waals surface area contributed by atoms with Crippen LogP contribution < -0.4 is 15.6 Å². The van der Waals surface area contributed by atoms with Crippen LogP contribution in [0.1, 0.15) is 29.3 Å². The average Bonchev–Trinajstić information content (AvgIpc) is 3.15. The maximum absolute atomic E-state index is 13.7. The van der Waals surface area contributed by atoms with Gasteiger partial charge in [0.05, 0.1) is 23.9 Å². The number of carbonyl (C=O) groups is 1. The van der Waals surface area contributed by atoms with Crippen LogP contribution in [0, 0.1) is 13.8 Å². The lowest BCUT2D eigenvalue weighted by molar-refractivity contribution is -0.113. The van der Waals surface area contributed by atoms with Gasteiger partial charge in [-0.3, -0.25) is 14.2 Å². The Bertz CT molecular complexity index is 1450. The molecule has 0 unspecified atom stereocenters. The Balaban J connectivity index is 1.71. The molecule has 182 valence electrons. The van der Waals surface area contributed by atoms with E-state index in [1.807, 2.05) is 56.3 Å². The van der Waals surface area contributed by atoms with Gasteiger partial charge in [-0.1, -0.05) is 41.0 Å². The van der Waals surface area contributed by atoms with Crippen LogP contribution in [-0.4, -0.2) is 28.3 Å². The first-order chi connectivity index (χ1) is 16.8. The summed E-state index contributed by atoms with van der Waals surface area (Å²) in [5.41, 5.74) is 3.27. The van der Waals surface area contributed by atoms with Crippen LogP contribution >= 0.6 is 39.0 Å². The summed E-state index contributed by atoms with van der Waals surface area (Å²) >= 11 is 6.26. The van der Waals surface area contributed by atoms with Crippen molar-refractivity contribution in [2.24, 2.45) is 0 Å². The van der Waals surface area contributed by atoms with Gasteiger partial charge in [0, 0.05) is 15.0 Å². The lowest BCUT2D eigenvalue weighted by atomic mass is 10.1. The van der Waals surface area contributed by atoms with Crippen molar-refractivity contribution in [1.29, 1.82) is 0 Å². The molecule has 6 nitrogen and oxygen atoms in total. The number of anilines is 1. The smallest absolute Gasteiger partial charge is 0.267 e. The standard InChI is InChI=1S/C26H26BrN3O3S2/c1-5-6-21-16(3)23-24(35-21)29-26(30(25(23)32)18-8-10-19(33-4)11-9-18)34-14-22(31)28-20-12-7-17(27)13-15(20)2/h7-13H,5-6,14H2,1-4H3,(H,28,31). The Labute approximate surface area is 220 Å². The fourth-order valence-corrected chi connectivity index (χ4v) is 6.42. The van der Waals surface area contributed by atoms with Crippen molar-refractivity contribution in [2.75, 3.05) is 18.2 Å². The van der Waals surface area contributed by atoms with Crippen LogP contribution in [0.4, 0.5) is 5.69 Å². The summed E-state index contributed by atoms with van der Waals surface area (Å²) in [6.45, 7) is 6.06. The van der Waals surface area contributed by atoms with Crippen molar-refractivity contribution < 1.29 is 9.53 Å². The van der Waals surface area contributed by atoms with Crippen LogP contribution in [-0.2, 0) is 11.2 Å². The number of nitrogens with zero attached hydrogens (tertiary/aromatic N) is 2. The number of amides is 1. The molecule has 0 radical (unpaired) electrons. The Hall–Kier alpha value is -2.62. The van der Waals surface area contributed by atoms with E-state index in [0.29, 0.717) is 26.8 Å². The van der Waals surface area contributed by atoms with Crippen molar-refractivity contribution in [3.8, 4) is 11.4 Å². The molecule has 0 fully saturated rings. The van der Waals surface area contributed by atoms with E-state index in [4.69, 9.17) is 9.72 Å². The third-order valence-corrected chi connectivity index (χ3v) is 8.31. The molecule has 2 heterocycles. The maximum Gasteiger partial charge on any atom is 0.267 e. The molecule has 0 atom stereocenters. The van der Waals surface area contributed by atoms with Crippen LogP contribution in [0.2, 0.25) is 0 Å². The summed E-state index contributed by atoms with van der Waals surface area (Å²) in [6, 6.07) is 13.0. The number of thiophene rings is 1. The fourth-order valence-electron chi connectivity index (χ4n) is 3.82. The number of hydrogen-bond donors (Lipinski definition) is 1. The van der Waals surface area contributed by atoms with Crippen LogP contribution in [0.25, 0.3) is 15.9 Å². The maximum atomic E-state index is 13.7. The van der Waals surface area contributed by atoms with Gasteiger partial charge in [0.1, 0.15) is 10.6 Å². The molecule has 0 saturated carbocycles. The number of thioether (sulfide) groups is 1. The summed E-state index contributed by atoms with van der Waals surface area (Å²) in [5.74, 6) is 0.659. The predicted molar refractivity (Wildman–Crippen MR) is 149 cm³/mol. The van der Waals surface area contributed by atoms with Gasteiger partial charge < -0.3 is 10.1 Å². The molecular formula is C26H26BrN3O3S2. The molecular weight excluding hydrogens is 546 g/mol. The monoisotopic (exact) mass is 571 g/mol. The molecule has 4 rings (SSSR count). The van der Waals surface area contributed by atoms with Gasteiger partial charge in [-0.25, -0.2) is 4.98 Å². The zero-order chi connectivity index (χ0) is 25.1. The van der Waals surface area contributed by atoms with E-state index >= 15 is 0 Å². The number of carbonyl (C=O) groups excluding carboxylic acids is 1. The molecule has 0 aliphatic heterocycles. The van der Waals surface area contributed by atoms with Crippen molar-refractivity contribution in [1.82, 2.24) is 9.55 Å². The number of nitrogens with one attached hydrogen (secondary N) is 1. The number of methoxy groups -OCH3 is 1. The van der Waals surface area contributed by atoms with E-state index in [1.54, 1.807) is 23.0 Å². The quantitative estimate of drug-likeness (QED) is 0.192. The second-order valence-corrected chi connectivity index (χ2v) is 11.1. The van der Waals surface area contributed by atoms with Crippen molar-refractivity contribution >= 4 is 60.8 Å². The Morgan fingerprint density at radius 1 is 1.20 bits per heavy atom. The molecule has 0 aliphatic rings. The van der Waals surface area contributed by atoms with Crippen LogP contribution in [0.3, 0.4) is 0 Å². The zero-order valence-electron chi connectivity index (χ0n) is 20.0.